The second-order valence-corrected chi connectivity index (χ2v) is 10.8. The average molecular weight is 668 g/mol. The molecule has 0 amide bonds. The Balaban J connectivity index is -0.000000139. The minimum Gasteiger partial charge on any atom is -0.481 e. The summed E-state index contributed by atoms with van der Waals surface area (Å²) in [4.78, 5) is 82.6. The summed E-state index contributed by atoms with van der Waals surface area (Å²) in [7, 11) is 0. The topological polar surface area (TPSA) is 217 Å². The number of carbonyl (C=O) groups is 8. The molecule has 41 heavy (non-hydrogen) atoms. The van der Waals surface area contributed by atoms with Crippen LogP contribution < -0.4 is 0 Å². The average Bonchev–Trinajstić information content (AvgIpc) is 2.63. The fourth-order valence-corrected chi connectivity index (χ4v) is 2.78. The zero-order valence-corrected chi connectivity index (χ0v) is 28.0. The van der Waals surface area contributed by atoms with E-state index in [-0.39, 0.29) is 98.7 Å². The van der Waals surface area contributed by atoms with Crippen molar-refractivity contribution in [2.75, 3.05) is 0 Å². The number of hydrogen-bond acceptors (Lipinski definition) is 8. The van der Waals surface area contributed by atoms with Gasteiger partial charge in [0.15, 0.2) is 0 Å². The van der Waals surface area contributed by atoms with Crippen molar-refractivity contribution in [2.24, 2.45) is 23.7 Å². The molecule has 0 bridgehead atoms. The molecule has 0 heterocycles. The third-order valence-corrected chi connectivity index (χ3v) is 3.94. The van der Waals surface area contributed by atoms with Crippen LogP contribution in [0.2, 0.25) is 0 Å². The quantitative estimate of drug-likeness (QED) is 0.169. The molecule has 0 atom stereocenters. The molecule has 0 unspecified atom stereocenters. The Labute approximate surface area is 261 Å². The smallest absolute Gasteiger partial charge is 0.310 e. The van der Waals surface area contributed by atoms with Crippen molar-refractivity contribution in [1.82, 2.24) is 0 Å². The number of rotatable bonds is 16. The molecule has 0 aliphatic carbocycles. The molecule has 0 aromatic carbocycles. The van der Waals surface area contributed by atoms with E-state index in [1.807, 2.05) is 55.4 Å². The molecule has 0 fully saturated rings. The van der Waals surface area contributed by atoms with E-state index < -0.39 is 23.9 Å². The first-order valence-electron chi connectivity index (χ1n) is 13.0. The third-order valence-electron chi connectivity index (χ3n) is 3.94. The summed E-state index contributed by atoms with van der Waals surface area (Å²) in [6.07, 6.45) is 0.129. The fourth-order valence-electron chi connectivity index (χ4n) is 2.78. The van der Waals surface area contributed by atoms with Crippen molar-refractivity contribution >= 4 is 47.0 Å². The predicted molar refractivity (Wildman–Crippen MR) is 147 cm³/mol. The molecule has 236 valence electrons. The summed E-state index contributed by atoms with van der Waals surface area (Å²) >= 11 is 0. The zero-order chi connectivity index (χ0) is 32.6. The molecular formula is C28H48O12Zr. The van der Waals surface area contributed by atoms with Gasteiger partial charge in [-0.15, -0.1) is 0 Å². The molecule has 0 aromatic heterocycles. The van der Waals surface area contributed by atoms with Crippen LogP contribution in [-0.4, -0.2) is 67.4 Å². The fraction of sp³-hybridized carbons (Fsp3) is 0.714. The van der Waals surface area contributed by atoms with E-state index in [1.165, 1.54) is 0 Å². The normalized spacial score (nSPS) is 9.66. The molecule has 0 spiro atoms. The van der Waals surface area contributed by atoms with Gasteiger partial charge in [0.05, 0.1) is 0 Å². The van der Waals surface area contributed by atoms with Crippen LogP contribution in [0.3, 0.4) is 0 Å². The molecule has 0 aliphatic rings. The van der Waals surface area contributed by atoms with Crippen molar-refractivity contribution in [2.45, 2.75) is 107 Å². The molecule has 0 saturated carbocycles. The molecular weight excluding hydrogens is 620 g/mol. The summed E-state index contributed by atoms with van der Waals surface area (Å²) in [5.41, 5.74) is 0. The Kier molecular flexibility index (Phi) is 34.0. The van der Waals surface area contributed by atoms with E-state index in [9.17, 15) is 38.4 Å². The Morgan fingerprint density at radius 1 is 0.366 bits per heavy atom. The molecule has 0 aliphatic heterocycles. The Morgan fingerprint density at radius 2 is 0.488 bits per heavy atom. The van der Waals surface area contributed by atoms with Gasteiger partial charge in [0.1, 0.15) is 48.8 Å². The molecule has 12 nitrogen and oxygen atoms in total. The van der Waals surface area contributed by atoms with E-state index in [1.54, 1.807) is 0 Å². The SMILES string of the molecule is CC(C)CC(=O)CC(=O)O.CC(C)CC(=O)CC(=O)O.CC(C)CC(=O)CC(=O)O.CC(C)CC(=O)CC(=O)O.[Zr]. The summed E-state index contributed by atoms with van der Waals surface area (Å²) in [6, 6.07) is 0. The van der Waals surface area contributed by atoms with Gasteiger partial charge in [-0.05, 0) is 23.7 Å². The summed E-state index contributed by atoms with van der Waals surface area (Å²) in [5, 5.41) is 32.7. The molecule has 0 rings (SSSR count). The molecule has 13 heteroatoms. The van der Waals surface area contributed by atoms with Crippen molar-refractivity contribution in [3.63, 3.8) is 0 Å². The van der Waals surface area contributed by atoms with Crippen LogP contribution in [0, 0.1) is 23.7 Å². The van der Waals surface area contributed by atoms with Gasteiger partial charge >= 0.3 is 23.9 Å². The molecule has 0 radical (unpaired) electrons. The maximum atomic E-state index is 10.7. The van der Waals surface area contributed by atoms with Gasteiger partial charge in [-0.1, -0.05) is 55.4 Å². The minimum atomic E-state index is -1.04. The van der Waals surface area contributed by atoms with Gasteiger partial charge in [-0.25, -0.2) is 0 Å². The molecule has 4 N–H and O–H groups in total. The van der Waals surface area contributed by atoms with E-state index in [4.69, 9.17) is 20.4 Å². The van der Waals surface area contributed by atoms with E-state index >= 15 is 0 Å². The number of aliphatic carboxylic acids is 4. The van der Waals surface area contributed by atoms with Crippen LogP contribution in [0.15, 0.2) is 0 Å². The van der Waals surface area contributed by atoms with Crippen LogP contribution in [0.25, 0.3) is 0 Å². The van der Waals surface area contributed by atoms with Crippen molar-refractivity contribution < 1.29 is 85.0 Å². The van der Waals surface area contributed by atoms with Crippen LogP contribution in [0.4, 0.5) is 0 Å². The Morgan fingerprint density at radius 3 is 0.561 bits per heavy atom. The second kappa shape index (κ2) is 29.0. The standard InChI is InChI=1S/4C7H12O3.Zr/c4*1-5(2)3-6(8)4-7(9)10;/h4*5H,3-4H2,1-2H3,(H,9,10);. The maximum Gasteiger partial charge on any atom is 0.310 e. The number of hydrogen-bond donors (Lipinski definition) is 4. The summed E-state index contributed by atoms with van der Waals surface area (Å²) in [5.74, 6) is -3.89. The number of carboxylic acid groups (broad SMARTS) is 4. The first kappa shape index (κ1) is 48.2. The van der Waals surface area contributed by atoms with Crippen LogP contribution in [0.5, 0.6) is 0 Å². The summed E-state index contributed by atoms with van der Waals surface area (Å²) in [6.45, 7) is 15.1. The van der Waals surface area contributed by atoms with Gasteiger partial charge in [0.25, 0.3) is 0 Å². The monoisotopic (exact) mass is 666 g/mol. The van der Waals surface area contributed by atoms with Crippen LogP contribution in [-0.2, 0) is 64.6 Å². The third kappa shape index (κ3) is 54.3. The zero-order valence-electron chi connectivity index (χ0n) is 25.5. The van der Waals surface area contributed by atoms with Crippen molar-refractivity contribution in [3.05, 3.63) is 0 Å². The van der Waals surface area contributed by atoms with Crippen LogP contribution in [0.1, 0.15) is 107 Å². The molecule has 0 aromatic rings. The van der Waals surface area contributed by atoms with Gasteiger partial charge < -0.3 is 20.4 Å². The maximum absolute atomic E-state index is 10.7. The largest absolute Gasteiger partial charge is 0.481 e. The Bertz CT molecular complexity index is 694. The van der Waals surface area contributed by atoms with E-state index in [2.05, 4.69) is 0 Å². The van der Waals surface area contributed by atoms with E-state index in [0.29, 0.717) is 25.7 Å². The summed E-state index contributed by atoms with van der Waals surface area (Å²) < 4.78 is 0. The van der Waals surface area contributed by atoms with Crippen molar-refractivity contribution in [1.29, 1.82) is 0 Å². The van der Waals surface area contributed by atoms with Crippen molar-refractivity contribution in [3.8, 4) is 0 Å². The number of Topliss-reactive ketones (excluding diaryl/α,β-unsaturated/α-hetero) is 4. The molecule has 0 saturated heterocycles. The first-order chi connectivity index (χ1) is 18.1. The van der Waals surface area contributed by atoms with Crippen LogP contribution >= 0.6 is 0 Å². The number of ketones is 4. The second-order valence-electron chi connectivity index (χ2n) is 10.8. The number of carbonyl (C=O) groups excluding carboxylic acids is 4. The van der Waals surface area contributed by atoms with E-state index in [0.717, 1.165) is 0 Å². The Hall–Kier alpha value is -2.56. The first-order valence-corrected chi connectivity index (χ1v) is 13.0. The number of carboxylic acids is 4. The van der Waals surface area contributed by atoms with Gasteiger partial charge in [0, 0.05) is 51.9 Å². The van der Waals surface area contributed by atoms with Gasteiger partial charge in [0.2, 0.25) is 0 Å². The van der Waals surface area contributed by atoms with Gasteiger partial charge in [-0.2, -0.15) is 0 Å². The van der Waals surface area contributed by atoms with Gasteiger partial charge in [-0.3, -0.25) is 38.4 Å². The minimum absolute atomic E-state index is 0. The predicted octanol–water partition coefficient (Wildman–Crippen LogP) is 4.30.